The molecule has 3 aromatic rings. The number of halogens is 1. The molecule has 1 heterocycles. The highest BCUT2D eigenvalue weighted by molar-refractivity contribution is 9.10. The van der Waals surface area contributed by atoms with E-state index in [2.05, 4.69) is 20.9 Å². The Hall–Kier alpha value is -1.85. The van der Waals surface area contributed by atoms with Gasteiger partial charge in [-0.1, -0.05) is 45.9 Å². The number of rotatable bonds is 3. The first-order valence-corrected chi connectivity index (χ1v) is 7.91. The van der Waals surface area contributed by atoms with E-state index in [-0.39, 0.29) is 5.84 Å². The fourth-order valence-corrected chi connectivity index (χ4v) is 3.37. The minimum atomic E-state index is 0.0351. The second-order valence-electron chi connectivity index (χ2n) is 4.49. The smallest absolute Gasteiger partial charge is 0.125 e. The van der Waals surface area contributed by atoms with Crippen molar-refractivity contribution in [3.05, 3.63) is 64.8 Å². The van der Waals surface area contributed by atoms with E-state index in [4.69, 9.17) is 11.1 Å². The number of para-hydroxylation sites is 1. The van der Waals surface area contributed by atoms with Crippen molar-refractivity contribution in [3.8, 4) is 0 Å². The van der Waals surface area contributed by atoms with Gasteiger partial charge in [0.2, 0.25) is 0 Å². The molecule has 1 aromatic heterocycles. The average molecular weight is 358 g/mol. The Labute approximate surface area is 135 Å². The highest BCUT2D eigenvalue weighted by Gasteiger charge is 2.12. The van der Waals surface area contributed by atoms with Crippen molar-refractivity contribution in [1.29, 1.82) is 5.41 Å². The van der Waals surface area contributed by atoms with Crippen LogP contribution in [0.4, 0.5) is 0 Å². The summed E-state index contributed by atoms with van der Waals surface area (Å²) in [7, 11) is 0. The minimum absolute atomic E-state index is 0.0351. The molecule has 0 fully saturated rings. The summed E-state index contributed by atoms with van der Waals surface area (Å²) in [5, 5.41) is 8.78. The predicted octanol–water partition coefficient (Wildman–Crippen LogP) is 4.43. The average Bonchev–Trinajstić information content (AvgIpc) is 2.49. The van der Waals surface area contributed by atoms with Gasteiger partial charge in [0, 0.05) is 31.4 Å². The zero-order valence-corrected chi connectivity index (χ0v) is 13.4. The first kappa shape index (κ1) is 14.1. The van der Waals surface area contributed by atoms with Gasteiger partial charge in [0.05, 0.1) is 5.52 Å². The van der Waals surface area contributed by atoms with Crippen LogP contribution in [-0.4, -0.2) is 10.8 Å². The number of nitrogens with one attached hydrogen (secondary N) is 1. The van der Waals surface area contributed by atoms with Gasteiger partial charge < -0.3 is 5.73 Å². The maximum atomic E-state index is 7.77. The molecule has 2 aromatic carbocycles. The molecule has 0 atom stereocenters. The molecule has 3 rings (SSSR count). The van der Waals surface area contributed by atoms with Gasteiger partial charge in [-0.05, 0) is 30.3 Å². The van der Waals surface area contributed by atoms with E-state index in [1.807, 2.05) is 48.5 Å². The monoisotopic (exact) mass is 357 g/mol. The Morgan fingerprint density at radius 2 is 1.81 bits per heavy atom. The van der Waals surface area contributed by atoms with Crippen LogP contribution in [0.15, 0.2) is 69.0 Å². The van der Waals surface area contributed by atoms with Crippen molar-refractivity contribution in [3.63, 3.8) is 0 Å². The molecule has 0 bridgehead atoms. The minimum Gasteiger partial charge on any atom is -0.384 e. The van der Waals surface area contributed by atoms with E-state index in [0.29, 0.717) is 5.56 Å². The van der Waals surface area contributed by atoms with Crippen LogP contribution >= 0.6 is 27.7 Å². The molecule has 104 valence electrons. The van der Waals surface area contributed by atoms with Gasteiger partial charge in [-0.15, -0.1) is 0 Å². The van der Waals surface area contributed by atoms with Gasteiger partial charge in [-0.3, -0.25) is 10.4 Å². The predicted molar refractivity (Wildman–Crippen MR) is 91.0 cm³/mol. The fourth-order valence-electron chi connectivity index (χ4n) is 2.04. The molecule has 0 unspecified atom stereocenters. The van der Waals surface area contributed by atoms with E-state index in [9.17, 15) is 0 Å². The number of aromatic nitrogens is 1. The van der Waals surface area contributed by atoms with Crippen LogP contribution in [0.2, 0.25) is 0 Å². The van der Waals surface area contributed by atoms with Crippen molar-refractivity contribution >= 4 is 44.4 Å². The second-order valence-corrected chi connectivity index (χ2v) is 6.49. The third kappa shape index (κ3) is 2.94. The highest BCUT2D eigenvalue weighted by Crippen LogP contribution is 2.35. The summed E-state index contributed by atoms with van der Waals surface area (Å²) in [5.41, 5.74) is 7.28. The summed E-state index contributed by atoms with van der Waals surface area (Å²) >= 11 is 5.03. The molecule has 0 saturated heterocycles. The summed E-state index contributed by atoms with van der Waals surface area (Å²) in [4.78, 5) is 6.44. The first-order chi connectivity index (χ1) is 10.1. The summed E-state index contributed by atoms with van der Waals surface area (Å²) in [6.45, 7) is 0. The summed E-state index contributed by atoms with van der Waals surface area (Å²) in [6, 6.07) is 16.0. The van der Waals surface area contributed by atoms with E-state index in [1.54, 1.807) is 18.0 Å². The van der Waals surface area contributed by atoms with Crippen molar-refractivity contribution in [2.45, 2.75) is 9.79 Å². The molecule has 0 saturated carbocycles. The molecule has 0 spiro atoms. The van der Waals surface area contributed by atoms with Crippen LogP contribution in [0.5, 0.6) is 0 Å². The molecule has 0 amide bonds. The molecule has 0 radical (unpaired) electrons. The van der Waals surface area contributed by atoms with E-state index >= 15 is 0 Å². The lowest BCUT2D eigenvalue weighted by molar-refractivity contribution is 1.29. The van der Waals surface area contributed by atoms with Gasteiger partial charge in [0.1, 0.15) is 5.84 Å². The number of hydrogen-bond donors (Lipinski definition) is 2. The maximum Gasteiger partial charge on any atom is 0.125 e. The molecule has 0 aliphatic heterocycles. The third-order valence-corrected chi connectivity index (χ3v) is 4.73. The Bertz CT molecular complexity index is 815. The SMILES string of the molecule is N=C(N)c1cnc2ccccc2c1Sc1ccc(Br)cc1. The van der Waals surface area contributed by atoms with Gasteiger partial charge in [-0.25, -0.2) is 0 Å². The summed E-state index contributed by atoms with van der Waals surface area (Å²) < 4.78 is 1.04. The molecule has 5 heteroatoms. The summed E-state index contributed by atoms with van der Waals surface area (Å²) in [6.07, 6.45) is 1.67. The van der Waals surface area contributed by atoms with Crippen LogP contribution in [0.3, 0.4) is 0 Å². The largest absolute Gasteiger partial charge is 0.384 e. The van der Waals surface area contributed by atoms with Crippen LogP contribution < -0.4 is 5.73 Å². The third-order valence-electron chi connectivity index (χ3n) is 3.05. The number of fused-ring (bicyclic) bond motifs is 1. The number of benzene rings is 2. The quantitative estimate of drug-likeness (QED) is 0.538. The number of nitrogens with two attached hydrogens (primary N) is 1. The molecule has 0 aliphatic carbocycles. The number of nitrogen functional groups attached to an aromatic ring is 1. The number of amidine groups is 1. The van der Waals surface area contributed by atoms with Crippen molar-refractivity contribution in [1.82, 2.24) is 4.98 Å². The molecule has 3 N–H and O–H groups in total. The van der Waals surface area contributed by atoms with Gasteiger partial charge in [0.15, 0.2) is 0 Å². The standard InChI is InChI=1S/C16H12BrN3S/c17-10-5-7-11(8-6-10)21-15-12-3-1-2-4-14(12)20-9-13(15)16(18)19/h1-9H,(H3,18,19). The Morgan fingerprint density at radius 1 is 1.10 bits per heavy atom. The Balaban J connectivity index is 2.16. The first-order valence-electron chi connectivity index (χ1n) is 6.31. The Kier molecular flexibility index (Phi) is 3.94. The van der Waals surface area contributed by atoms with Crippen LogP contribution in [0.1, 0.15) is 5.56 Å². The lowest BCUT2D eigenvalue weighted by Gasteiger charge is -2.11. The van der Waals surface area contributed by atoms with Crippen LogP contribution in [0.25, 0.3) is 10.9 Å². The van der Waals surface area contributed by atoms with Gasteiger partial charge in [0.25, 0.3) is 0 Å². The van der Waals surface area contributed by atoms with E-state index in [1.165, 1.54) is 0 Å². The van der Waals surface area contributed by atoms with E-state index < -0.39 is 0 Å². The number of nitrogens with zero attached hydrogens (tertiary/aromatic N) is 1. The molecule has 0 aliphatic rings. The zero-order chi connectivity index (χ0) is 14.8. The lowest BCUT2D eigenvalue weighted by atomic mass is 10.1. The number of hydrogen-bond acceptors (Lipinski definition) is 3. The fraction of sp³-hybridized carbons (Fsp3) is 0. The zero-order valence-electron chi connectivity index (χ0n) is 11.0. The van der Waals surface area contributed by atoms with Crippen molar-refractivity contribution in [2.24, 2.45) is 5.73 Å². The van der Waals surface area contributed by atoms with Crippen molar-refractivity contribution < 1.29 is 0 Å². The second kappa shape index (κ2) is 5.87. The highest BCUT2D eigenvalue weighted by atomic mass is 79.9. The number of pyridine rings is 1. The molecular formula is C16H12BrN3S. The normalized spacial score (nSPS) is 10.7. The molecular weight excluding hydrogens is 346 g/mol. The van der Waals surface area contributed by atoms with Crippen LogP contribution in [-0.2, 0) is 0 Å². The summed E-state index contributed by atoms with van der Waals surface area (Å²) in [5.74, 6) is 0.0351. The van der Waals surface area contributed by atoms with Gasteiger partial charge >= 0.3 is 0 Å². The topological polar surface area (TPSA) is 62.8 Å². The maximum absolute atomic E-state index is 7.77. The van der Waals surface area contributed by atoms with E-state index in [0.717, 1.165) is 25.2 Å². The van der Waals surface area contributed by atoms with Crippen LogP contribution in [0, 0.1) is 5.41 Å². The lowest BCUT2D eigenvalue weighted by Crippen LogP contribution is -2.13. The molecule has 3 nitrogen and oxygen atoms in total. The Morgan fingerprint density at radius 3 is 2.52 bits per heavy atom. The van der Waals surface area contributed by atoms with Crippen molar-refractivity contribution in [2.75, 3.05) is 0 Å². The molecule has 21 heavy (non-hydrogen) atoms. The van der Waals surface area contributed by atoms with Gasteiger partial charge in [-0.2, -0.15) is 0 Å².